The van der Waals surface area contributed by atoms with Gasteiger partial charge in [-0.15, -0.1) is 0 Å². The van der Waals surface area contributed by atoms with E-state index in [0.29, 0.717) is 23.2 Å². The van der Waals surface area contributed by atoms with E-state index in [9.17, 15) is 13.2 Å². The molecule has 3 rings (SSSR count). The van der Waals surface area contributed by atoms with Gasteiger partial charge in [0.2, 0.25) is 5.95 Å². The largest absolute Gasteiger partial charge is 0.357 e. The number of rotatable bonds is 3. The van der Waals surface area contributed by atoms with Crippen LogP contribution in [-0.4, -0.2) is 27.2 Å². The van der Waals surface area contributed by atoms with Crippen molar-refractivity contribution in [2.24, 2.45) is 0 Å². The molecule has 0 fully saturated rings. The Morgan fingerprint density at radius 3 is 2.48 bits per heavy atom. The molecule has 2 aromatic heterocycles. The third-order valence-electron chi connectivity index (χ3n) is 2.78. The molecule has 1 aromatic carbocycles. The quantitative estimate of drug-likeness (QED) is 0.692. The van der Waals surface area contributed by atoms with Crippen molar-refractivity contribution in [3.8, 4) is 0 Å². The number of aromatic nitrogens is 4. The molecule has 0 bridgehead atoms. The molecular weight excluding hydrogens is 285 g/mol. The molecule has 0 spiro atoms. The summed E-state index contributed by atoms with van der Waals surface area (Å²) >= 11 is 0. The first-order valence-electron chi connectivity index (χ1n) is 5.89. The van der Waals surface area contributed by atoms with Gasteiger partial charge < -0.3 is 10.6 Å². The summed E-state index contributed by atoms with van der Waals surface area (Å²) in [5, 5.41) is 12.1. The summed E-state index contributed by atoms with van der Waals surface area (Å²) in [7, 11) is 1.60. The number of hydrogen-bond donors (Lipinski definition) is 3. The molecule has 0 saturated heterocycles. The Bertz CT molecular complexity index is 793. The second-order valence-electron chi connectivity index (χ2n) is 4.15. The van der Waals surface area contributed by atoms with Crippen LogP contribution in [0.2, 0.25) is 0 Å². The van der Waals surface area contributed by atoms with Crippen LogP contribution in [0.4, 0.5) is 30.6 Å². The molecule has 0 atom stereocenters. The minimum Gasteiger partial charge on any atom is -0.357 e. The Kier molecular flexibility index (Phi) is 3.09. The highest BCUT2D eigenvalue weighted by Gasteiger charge is 2.15. The van der Waals surface area contributed by atoms with E-state index in [1.54, 1.807) is 7.05 Å². The average Bonchev–Trinajstić information content (AvgIpc) is 2.90. The maximum Gasteiger partial charge on any atom is 0.226 e. The fourth-order valence-electron chi connectivity index (χ4n) is 1.82. The molecule has 2 heterocycles. The van der Waals surface area contributed by atoms with Gasteiger partial charge in [0.05, 0.1) is 11.6 Å². The van der Waals surface area contributed by atoms with Gasteiger partial charge in [-0.05, 0) is 0 Å². The predicted octanol–water partition coefficient (Wildman–Crippen LogP) is 2.56. The van der Waals surface area contributed by atoms with Crippen molar-refractivity contribution >= 4 is 28.5 Å². The van der Waals surface area contributed by atoms with Crippen LogP contribution < -0.4 is 10.6 Å². The Labute approximate surface area is 116 Å². The SMILES string of the molecule is CNc1nc(Nc2c(F)cc(F)cc2F)c2cn[nH]c2n1. The summed E-state index contributed by atoms with van der Waals surface area (Å²) in [6.07, 6.45) is 1.41. The van der Waals surface area contributed by atoms with Crippen molar-refractivity contribution in [1.82, 2.24) is 20.2 Å². The molecule has 21 heavy (non-hydrogen) atoms. The highest BCUT2D eigenvalue weighted by Crippen LogP contribution is 2.27. The van der Waals surface area contributed by atoms with E-state index in [1.165, 1.54) is 6.20 Å². The Balaban J connectivity index is 2.11. The Morgan fingerprint density at radius 2 is 1.81 bits per heavy atom. The standard InChI is InChI=1S/C12H9F3N6/c1-16-12-19-10(6-4-17-21-11(6)20-12)18-9-7(14)2-5(13)3-8(9)15/h2-4H,1H3,(H3,16,17,18,19,20,21). The Hall–Kier alpha value is -2.84. The normalized spacial score (nSPS) is 10.9. The van der Waals surface area contributed by atoms with Crippen LogP contribution in [0, 0.1) is 17.5 Å². The summed E-state index contributed by atoms with van der Waals surface area (Å²) < 4.78 is 40.3. The summed E-state index contributed by atoms with van der Waals surface area (Å²) in [4.78, 5) is 8.16. The molecule has 3 aromatic rings. The van der Waals surface area contributed by atoms with E-state index in [4.69, 9.17) is 0 Å². The minimum absolute atomic E-state index is 0.141. The maximum absolute atomic E-state index is 13.7. The number of aromatic amines is 1. The molecule has 0 unspecified atom stereocenters. The van der Waals surface area contributed by atoms with Crippen LogP contribution in [0.5, 0.6) is 0 Å². The van der Waals surface area contributed by atoms with Crippen LogP contribution in [-0.2, 0) is 0 Å². The third kappa shape index (κ3) is 2.33. The first-order valence-corrected chi connectivity index (χ1v) is 5.89. The van der Waals surface area contributed by atoms with Crippen molar-refractivity contribution in [2.45, 2.75) is 0 Å². The van der Waals surface area contributed by atoms with Crippen LogP contribution in [0.15, 0.2) is 18.3 Å². The number of nitrogens with one attached hydrogen (secondary N) is 3. The number of nitrogens with zero attached hydrogens (tertiary/aromatic N) is 3. The molecule has 6 nitrogen and oxygen atoms in total. The molecule has 9 heteroatoms. The van der Waals surface area contributed by atoms with E-state index in [-0.39, 0.29) is 11.8 Å². The van der Waals surface area contributed by atoms with Gasteiger partial charge in [-0.3, -0.25) is 5.10 Å². The second-order valence-corrected chi connectivity index (χ2v) is 4.15. The highest BCUT2D eigenvalue weighted by atomic mass is 19.1. The highest BCUT2D eigenvalue weighted by molar-refractivity contribution is 5.89. The predicted molar refractivity (Wildman–Crippen MR) is 70.8 cm³/mol. The van der Waals surface area contributed by atoms with Crippen LogP contribution in [0.1, 0.15) is 0 Å². The fraction of sp³-hybridized carbons (Fsp3) is 0.0833. The van der Waals surface area contributed by atoms with Crippen molar-refractivity contribution in [1.29, 1.82) is 0 Å². The van der Waals surface area contributed by atoms with Gasteiger partial charge >= 0.3 is 0 Å². The number of benzene rings is 1. The van der Waals surface area contributed by atoms with Gasteiger partial charge in [-0.1, -0.05) is 0 Å². The molecule has 3 N–H and O–H groups in total. The molecule has 108 valence electrons. The fourth-order valence-corrected chi connectivity index (χ4v) is 1.82. The monoisotopic (exact) mass is 294 g/mol. The third-order valence-corrected chi connectivity index (χ3v) is 2.78. The number of fused-ring (bicyclic) bond motifs is 1. The van der Waals surface area contributed by atoms with Gasteiger partial charge in [-0.2, -0.15) is 15.1 Å². The smallest absolute Gasteiger partial charge is 0.226 e. The molecule has 0 aliphatic rings. The lowest BCUT2D eigenvalue weighted by Crippen LogP contribution is -2.04. The van der Waals surface area contributed by atoms with E-state index >= 15 is 0 Å². The zero-order chi connectivity index (χ0) is 15.0. The van der Waals surface area contributed by atoms with E-state index in [0.717, 1.165) is 0 Å². The van der Waals surface area contributed by atoms with Gasteiger partial charge in [-0.25, -0.2) is 13.2 Å². The molecule has 0 radical (unpaired) electrons. The molecule has 0 aliphatic heterocycles. The molecule has 0 amide bonds. The van der Waals surface area contributed by atoms with Crippen molar-refractivity contribution < 1.29 is 13.2 Å². The van der Waals surface area contributed by atoms with Gasteiger partial charge in [0.15, 0.2) is 17.3 Å². The minimum atomic E-state index is -1.06. The second kappa shape index (κ2) is 4.93. The molecule has 0 saturated carbocycles. The lowest BCUT2D eigenvalue weighted by molar-refractivity contribution is 0.549. The summed E-state index contributed by atoms with van der Waals surface area (Å²) in [5.41, 5.74) is -0.112. The van der Waals surface area contributed by atoms with Crippen LogP contribution in [0.3, 0.4) is 0 Å². The van der Waals surface area contributed by atoms with Gasteiger partial charge in [0, 0.05) is 19.2 Å². The zero-order valence-corrected chi connectivity index (χ0v) is 10.7. The van der Waals surface area contributed by atoms with E-state index in [2.05, 4.69) is 30.8 Å². The van der Waals surface area contributed by atoms with Gasteiger partial charge in [0.25, 0.3) is 0 Å². The number of halogens is 3. The lowest BCUT2D eigenvalue weighted by Gasteiger charge is -2.10. The number of hydrogen-bond acceptors (Lipinski definition) is 5. The topological polar surface area (TPSA) is 78.5 Å². The van der Waals surface area contributed by atoms with Gasteiger partial charge in [0.1, 0.15) is 17.3 Å². The van der Waals surface area contributed by atoms with Crippen molar-refractivity contribution in [3.05, 3.63) is 35.8 Å². The number of H-pyrrole nitrogens is 1. The Morgan fingerprint density at radius 1 is 1.10 bits per heavy atom. The van der Waals surface area contributed by atoms with Crippen LogP contribution >= 0.6 is 0 Å². The molecular formula is C12H9F3N6. The van der Waals surface area contributed by atoms with E-state index < -0.39 is 23.1 Å². The first-order chi connectivity index (χ1) is 10.1. The van der Waals surface area contributed by atoms with Crippen molar-refractivity contribution in [2.75, 3.05) is 17.7 Å². The zero-order valence-electron chi connectivity index (χ0n) is 10.7. The summed E-state index contributed by atoms with van der Waals surface area (Å²) in [6, 6.07) is 1.16. The summed E-state index contributed by atoms with van der Waals surface area (Å²) in [6.45, 7) is 0. The average molecular weight is 294 g/mol. The van der Waals surface area contributed by atoms with E-state index in [1.807, 2.05) is 0 Å². The lowest BCUT2D eigenvalue weighted by atomic mass is 10.2. The summed E-state index contributed by atoms with van der Waals surface area (Å²) in [5.74, 6) is -2.75. The maximum atomic E-state index is 13.7. The molecule has 0 aliphatic carbocycles. The van der Waals surface area contributed by atoms with Crippen LogP contribution in [0.25, 0.3) is 11.0 Å². The number of anilines is 3. The first kappa shape index (κ1) is 13.2. The van der Waals surface area contributed by atoms with Crippen molar-refractivity contribution in [3.63, 3.8) is 0 Å².